The van der Waals surface area contributed by atoms with Gasteiger partial charge in [0.05, 0.1) is 12.6 Å². The average Bonchev–Trinajstić information content (AvgIpc) is 2.80. The molecular formula is C10H14F3N3O3. The average molecular weight is 281 g/mol. The van der Waals surface area contributed by atoms with Gasteiger partial charge in [-0.25, -0.2) is 0 Å². The number of piperidine rings is 1. The Labute approximate surface area is 106 Å². The molecule has 0 amide bonds. The topological polar surface area (TPSA) is 82.6 Å². The van der Waals surface area contributed by atoms with Crippen LogP contribution >= 0.6 is 0 Å². The summed E-state index contributed by atoms with van der Waals surface area (Å²) in [4.78, 5) is 5.04. The van der Waals surface area contributed by atoms with Crippen molar-refractivity contribution in [2.45, 2.75) is 25.2 Å². The van der Waals surface area contributed by atoms with Crippen LogP contribution in [0.2, 0.25) is 0 Å². The molecule has 1 aromatic heterocycles. The molecule has 1 aliphatic rings. The number of aliphatic hydroxyl groups is 2. The predicted octanol–water partition coefficient (Wildman–Crippen LogP) is 0.263. The van der Waals surface area contributed by atoms with Crippen LogP contribution in [-0.2, 0) is 12.7 Å². The zero-order valence-electron chi connectivity index (χ0n) is 9.97. The van der Waals surface area contributed by atoms with Crippen molar-refractivity contribution in [3.05, 3.63) is 11.7 Å². The third kappa shape index (κ3) is 3.43. The minimum absolute atomic E-state index is 0.0757. The van der Waals surface area contributed by atoms with E-state index in [1.54, 1.807) is 4.90 Å². The smallest absolute Gasteiger partial charge is 0.396 e. The highest BCUT2D eigenvalue weighted by molar-refractivity contribution is 4.91. The van der Waals surface area contributed by atoms with Gasteiger partial charge in [-0.3, -0.25) is 4.90 Å². The molecule has 2 heterocycles. The summed E-state index contributed by atoms with van der Waals surface area (Å²) in [5, 5.41) is 21.5. The molecule has 1 fully saturated rings. The number of halogens is 3. The maximum Gasteiger partial charge on any atom is 0.455 e. The summed E-state index contributed by atoms with van der Waals surface area (Å²) in [6.45, 7) is 0.782. The minimum Gasteiger partial charge on any atom is -0.396 e. The molecule has 0 unspecified atom stereocenters. The number of likely N-dealkylation sites (tertiary alicyclic amines) is 1. The summed E-state index contributed by atoms with van der Waals surface area (Å²) in [5.74, 6) is -1.72. The highest BCUT2D eigenvalue weighted by Crippen LogP contribution is 2.26. The first-order valence-electron chi connectivity index (χ1n) is 5.81. The van der Waals surface area contributed by atoms with Gasteiger partial charge in [0.15, 0.2) is 0 Å². The van der Waals surface area contributed by atoms with Gasteiger partial charge in [0.2, 0.25) is 5.89 Å². The van der Waals surface area contributed by atoms with Crippen LogP contribution in [0.15, 0.2) is 4.52 Å². The van der Waals surface area contributed by atoms with E-state index in [9.17, 15) is 18.3 Å². The third-order valence-corrected chi connectivity index (χ3v) is 3.09. The van der Waals surface area contributed by atoms with Crippen LogP contribution in [-0.4, -0.2) is 51.1 Å². The number of aromatic nitrogens is 2. The lowest BCUT2D eigenvalue weighted by atomic mass is 9.96. The van der Waals surface area contributed by atoms with Crippen LogP contribution in [0.25, 0.3) is 0 Å². The fourth-order valence-corrected chi connectivity index (χ4v) is 2.04. The van der Waals surface area contributed by atoms with Crippen molar-refractivity contribution in [2.24, 2.45) is 5.92 Å². The molecule has 108 valence electrons. The van der Waals surface area contributed by atoms with Crippen LogP contribution < -0.4 is 0 Å². The molecule has 9 heteroatoms. The van der Waals surface area contributed by atoms with Gasteiger partial charge in [-0.2, -0.15) is 18.2 Å². The largest absolute Gasteiger partial charge is 0.455 e. The number of rotatable bonds is 3. The van der Waals surface area contributed by atoms with Gasteiger partial charge >= 0.3 is 6.18 Å². The van der Waals surface area contributed by atoms with Crippen molar-refractivity contribution < 1.29 is 27.9 Å². The van der Waals surface area contributed by atoms with Crippen molar-refractivity contribution in [3.8, 4) is 0 Å². The molecule has 0 radical (unpaired) electrons. The van der Waals surface area contributed by atoms with Crippen molar-refractivity contribution >= 4 is 0 Å². The minimum atomic E-state index is -4.62. The molecule has 2 N–H and O–H groups in total. The Morgan fingerprint density at radius 2 is 2.16 bits per heavy atom. The van der Waals surface area contributed by atoms with E-state index in [-0.39, 0.29) is 25.0 Å². The van der Waals surface area contributed by atoms with E-state index >= 15 is 0 Å². The maximum atomic E-state index is 12.3. The molecule has 1 aliphatic heterocycles. The fraction of sp³-hybridized carbons (Fsp3) is 0.800. The van der Waals surface area contributed by atoms with Gasteiger partial charge in [-0.15, -0.1) is 0 Å². The third-order valence-electron chi connectivity index (χ3n) is 3.09. The normalized spacial score (nSPS) is 25.7. The summed E-state index contributed by atoms with van der Waals surface area (Å²) in [6, 6.07) is 0. The molecule has 6 nitrogen and oxygen atoms in total. The Hall–Kier alpha value is -1.19. The van der Waals surface area contributed by atoms with E-state index in [0.717, 1.165) is 0 Å². The van der Waals surface area contributed by atoms with Crippen LogP contribution in [0.1, 0.15) is 18.1 Å². The highest BCUT2D eigenvalue weighted by Gasteiger charge is 2.37. The SMILES string of the molecule is OC[C@@H]1CN(Cc2nc(C(F)(F)F)no2)CC[C@@H]1O. The van der Waals surface area contributed by atoms with Crippen LogP contribution in [0.3, 0.4) is 0 Å². The van der Waals surface area contributed by atoms with Gasteiger partial charge in [-0.05, 0) is 6.42 Å². The maximum absolute atomic E-state index is 12.3. The molecule has 2 rings (SSSR count). The van der Waals surface area contributed by atoms with Crippen LogP contribution in [0.4, 0.5) is 13.2 Å². The highest BCUT2D eigenvalue weighted by atomic mass is 19.4. The number of nitrogens with zero attached hydrogens (tertiary/aromatic N) is 3. The van der Waals surface area contributed by atoms with E-state index in [4.69, 9.17) is 5.11 Å². The molecular weight excluding hydrogens is 267 g/mol. The van der Waals surface area contributed by atoms with Crippen molar-refractivity contribution in [3.63, 3.8) is 0 Å². The van der Waals surface area contributed by atoms with E-state index in [1.807, 2.05) is 0 Å². The lowest BCUT2D eigenvalue weighted by Gasteiger charge is -2.34. The first-order valence-corrected chi connectivity index (χ1v) is 5.81. The van der Waals surface area contributed by atoms with Gasteiger partial charge in [0.1, 0.15) is 0 Å². The lowest BCUT2D eigenvalue weighted by Crippen LogP contribution is -2.44. The molecule has 1 saturated heterocycles. The molecule has 19 heavy (non-hydrogen) atoms. The summed E-state index contributed by atoms with van der Waals surface area (Å²) >= 11 is 0. The first kappa shape index (κ1) is 14.2. The monoisotopic (exact) mass is 281 g/mol. The Bertz CT molecular complexity index is 424. The summed E-state index contributed by atoms with van der Waals surface area (Å²) in [5.41, 5.74) is 0. The molecule has 0 aromatic carbocycles. The van der Waals surface area contributed by atoms with E-state index in [2.05, 4.69) is 14.7 Å². The van der Waals surface area contributed by atoms with Crippen molar-refractivity contribution in [1.82, 2.24) is 15.0 Å². The second-order valence-electron chi connectivity index (χ2n) is 4.54. The van der Waals surface area contributed by atoms with Crippen molar-refractivity contribution in [2.75, 3.05) is 19.7 Å². The number of hydrogen-bond acceptors (Lipinski definition) is 6. The quantitative estimate of drug-likeness (QED) is 0.827. The number of alkyl halides is 3. The summed E-state index contributed by atoms with van der Waals surface area (Å²) in [6.07, 6.45) is -4.76. The molecule has 0 aliphatic carbocycles. The Balaban J connectivity index is 1.96. The van der Waals surface area contributed by atoms with E-state index in [1.165, 1.54) is 0 Å². The second kappa shape index (κ2) is 5.43. The molecule has 0 bridgehead atoms. The van der Waals surface area contributed by atoms with Crippen LogP contribution in [0, 0.1) is 5.92 Å². The number of aliphatic hydroxyl groups excluding tert-OH is 2. The van der Waals surface area contributed by atoms with Crippen molar-refractivity contribution in [1.29, 1.82) is 0 Å². The Kier molecular flexibility index (Phi) is 4.07. The Morgan fingerprint density at radius 3 is 2.74 bits per heavy atom. The fourth-order valence-electron chi connectivity index (χ4n) is 2.04. The molecule has 0 spiro atoms. The van der Waals surface area contributed by atoms with Gasteiger partial charge in [-0.1, -0.05) is 5.16 Å². The zero-order chi connectivity index (χ0) is 14.0. The Morgan fingerprint density at radius 1 is 1.42 bits per heavy atom. The van der Waals surface area contributed by atoms with Gasteiger partial charge in [0.25, 0.3) is 5.82 Å². The summed E-state index contributed by atoms with van der Waals surface area (Å²) < 4.78 is 41.4. The standard InChI is InChI=1S/C10H14F3N3O3/c11-10(12,13)9-14-8(19-15-9)4-16-2-1-7(18)6(3-16)5-17/h6-7,17-18H,1-5H2/t6-,7-/m0/s1. The zero-order valence-corrected chi connectivity index (χ0v) is 9.97. The second-order valence-corrected chi connectivity index (χ2v) is 4.54. The van der Waals surface area contributed by atoms with Gasteiger partial charge in [0, 0.05) is 25.6 Å². The molecule has 2 atom stereocenters. The van der Waals surface area contributed by atoms with Crippen LogP contribution in [0.5, 0.6) is 0 Å². The number of hydrogen-bond donors (Lipinski definition) is 2. The van der Waals surface area contributed by atoms with E-state index < -0.39 is 18.1 Å². The lowest BCUT2D eigenvalue weighted by molar-refractivity contribution is -0.146. The van der Waals surface area contributed by atoms with Gasteiger partial charge < -0.3 is 14.7 Å². The molecule has 0 saturated carbocycles. The molecule has 1 aromatic rings. The predicted molar refractivity (Wildman–Crippen MR) is 55.8 cm³/mol. The first-order chi connectivity index (χ1) is 8.90. The summed E-state index contributed by atoms with van der Waals surface area (Å²) in [7, 11) is 0. The van der Waals surface area contributed by atoms with E-state index in [0.29, 0.717) is 19.5 Å².